The number of benzene rings is 1. The third kappa shape index (κ3) is 3.26. The third-order valence-electron chi connectivity index (χ3n) is 4.50. The van der Waals surface area contributed by atoms with Crippen molar-refractivity contribution in [2.75, 3.05) is 0 Å². The summed E-state index contributed by atoms with van der Waals surface area (Å²) in [5, 5.41) is 0. The van der Waals surface area contributed by atoms with E-state index in [0.717, 1.165) is 31.2 Å². The van der Waals surface area contributed by atoms with Crippen molar-refractivity contribution in [1.82, 2.24) is 4.90 Å². The topological polar surface area (TPSA) is 46.6 Å². The minimum Gasteiger partial charge on any atom is -0.445 e. The molecule has 21 heavy (non-hydrogen) atoms. The second kappa shape index (κ2) is 6.29. The van der Waals surface area contributed by atoms with Crippen molar-refractivity contribution in [3.8, 4) is 0 Å². The highest BCUT2D eigenvalue weighted by Gasteiger charge is 2.38. The molecule has 4 heteroatoms. The molecule has 0 aromatic heterocycles. The maximum atomic E-state index is 12.4. The van der Waals surface area contributed by atoms with Gasteiger partial charge >= 0.3 is 6.09 Å². The van der Waals surface area contributed by atoms with Crippen molar-refractivity contribution in [2.45, 2.75) is 57.2 Å². The fourth-order valence-corrected chi connectivity index (χ4v) is 3.43. The van der Waals surface area contributed by atoms with Gasteiger partial charge in [0.25, 0.3) is 0 Å². The van der Waals surface area contributed by atoms with Gasteiger partial charge in [-0.3, -0.25) is 4.79 Å². The van der Waals surface area contributed by atoms with Crippen molar-refractivity contribution in [1.29, 1.82) is 0 Å². The molecule has 0 aliphatic carbocycles. The van der Waals surface area contributed by atoms with Crippen LogP contribution in [0.5, 0.6) is 0 Å². The maximum absolute atomic E-state index is 12.4. The number of nitrogens with zero attached hydrogens (tertiary/aromatic N) is 1. The van der Waals surface area contributed by atoms with Crippen LogP contribution >= 0.6 is 0 Å². The van der Waals surface area contributed by atoms with Crippen LogP contribution in [0.1, 0.15) is 44.1 Å². The molecule has 4 nitrogen and oxygen atoms in total. The number of carbonyl (C=O) groups excluding carboxylic acids is 2. The molecule has 2 atom stereocenters. The van der Waals surface area contributed by atoms with Crippen LogP contribution in [-0.2, 0) is 16.1 Å². The number of hydrogen-bond donors (Lipinski definition) is 0. The molecule has 2 fully saturated rings. The molecule has 2 bridgehead atoms. The van der Waals surface area contributed by atoms with E-state index in [4.69, 9.17) is 4.74 Å². The Morgan fingerprint density at radius 3 is 2.71 bits per heavy atom. The number of Topliss-reactive ketones (excluding diaryl/α,β-unsaturated/α-hetero) is 1. The fourth-order valence-electron chi connectivity index (χ4n) is 3.43. The van der Waals surface area contributed by atoms with E-state index in [0.29, 0.717) is 19.4 Å². The zero-order valence-corrected chi connectivity index (χ0v) is 12.2. The monoisotopic (exact) mass is 287 g/mol. The molecule has 1 aromatic rings. The second-order valence-electron chi connectivity index (χ2n) is 5.97. The van der Waals surface area contributed by atoms with Crippen LogP contribution in [0.3, 0.4) is 0 Å². The van der Waals surface area contributed by atoms with E-state index < -0.39 is 0 Å². The summed E-state index contributed by atoms with van der Waals surface area (Å²) in [6.45, 7) is 0.295. The van der Waals surface area contributed by atoms with Crippen LogP contribution in [0.15, 0.2) is 30.3 Å². The van der Waals surface area contributed by atoms with E-state index in [1.54, 1.807) is 0 Å². The first-order chi connectivity index (χ1) is 10.2. The summed E-state index contributed by atoms with van der Waals surface area (Å²) in [6.07, 6.45) is 4.64. The number of piperidine rings is 1. The number of ketones is 1. The lowest BCUT2D eigenvalue weighted by molar-refractivity contribution is -0.119. The van der Waals surface area contributed by atoms with Crippen LogP contribution in [-0.4, -0.2) is 28.9 Å². The van der Waals surface area contributed by atoms with E-state index in [1.807, 2.05) is 35.2 Å². The first-order valence-corrected chi connectivity index (χ1v) is 7.75. The molecule has 2 heterocycles. The Morgan fingerprint density at radius 1 is 1.14 bits per heavy atom. The van der Waals surface area contributed by atoms with Gasteiger partial charge in [0.15, 0.2) is 0 Å². The molecule has 0 spiro atoms. The van der Waals surface area contributed by atoms with Crippen LogP contribution in [0, 0.1) is 0 Å². The predicted octanol–water partition coefficient (Wildman–Crippen LogP) is 3.30. The second-order valence-corrected chi connectivity index (χ2v) is 5.97. The van der Waals surface area contributed by atoms with Gasteiger partial charge in [-0.25, -0.2) is 4.79 Å². The molecule has 0 saturated carbocycles. The number of fused-ring (bicyclic) bond motifs is 2. The van der Waals surface area contributed by atoms with Gasteiger partial charge in [-0.1, -0.05) is 30.3 Å². The number of ether oxygens (including phenoxy) is 1. The average Bonchev–Trinajstić information content (AvgIpc) is 2.60. The van der Waals surface area contributed by atoms with Crippen molar-refractivity contribution in [3.05, 3.63) is 35.9 Å². The Kier molecular flexibility index (Phi) is 4.23. The van der Waals surface area contributed by atoms with Crippen molar-refractivity contribution in [3.63, 3.8) is 0 Å². The highest BCUT2D eigenvalue weighted by Crippen LogP contribution is 2.32. The van der Waals surface area contributed by atoms with Crippen molar-refractivity contribution < 1.29 is 14.3 Å². The fraction of sp³-hybridized carbons (Fsp3) is 0.529. The Labute approximate surface area is 125 Å². The number of rotatable bonds is 2. The summed E-state index contributed by atoms with van der Waals surface area (Å²) in [5.74, 6) is 0.283. The SMILES string of the molecule is O=C1CCC2CCCC(C1)N2C(=O)OCc1ccccc1. The van der Waals surface area contributed by atoms with Crippen LogP contribution < -0.4 is 0 Å². The predicted molar refractivity (Wildman–Crippen MR) is 78.8 cm³/mol. The minimum atomic E-state index is -0.261. The van der Waals surface area contributed by atoms with Gasteiger partial charge in [-0.15, -0.1) is 0 Å². The molecule has 3 rings (SSSR count). The van der Waals surface area contributed by atoms with Gasteiger partial charge in [0, 0.05) is 24.9 Å². The van der Waals surface area contributed by atoms with Gasteiger partial charge in [0.05, 0.1) is 0 Å². The quantitative estimate of drug-likeness (QED) is 0.838. The molecule has 2 saturated heterocycles. The summed E-state index contributed by atoms with van der Waals surface area (Å²) in [7, 11) is 0. The average molecular weight is 287 g/mol. The molecule has 1 aromatic carbocycles. The first kappa shape index (κ1) is 14.1. The normalized spacial score (nSPS) is 25.3. The number of amides is 1. The van der Waals surface area contributed by atoms with Gasteiger partial charge in [-0.2, -0.15) is 0 Å². The molecule has 1 amide bonds. The number of hydrogen-bond acceptors (Lipinski definition) is 3. The largest absolute Gasteiger partial charge is 0.445 e. The zero-order chi connectivity index (χ0) is 14.7. The molecule has 112 valence electrons. The Morgan fingerprint density at radius 2 is 1.90 bits per heavy atom. The lowest BCUT2D eigenvalue weighted by Gasteiger charge is -2.39. The lowest BCUT2D eigenvalue weighted by atomic mass is 9.95. The molecular weight excluding hydrogens is 266 g/mol. The summed E-state index contributed by atoms with van der Waals surface area (Å²) < 4.78 is 5.47. The van der Waals surface area contributed by atoms with E-state index in [-0.39, 0.29) is 24.0 Å². The van der Waals surface area contributed by atoms with E-state index in [9.17, 15) is 9.59 Å². The van der Waals surface area contributed by atoms with Crippen LogP contribution in [0.25, 0.3) is 0 Å². The van der Waals surface area contributed by atoms with Crippen molar-refractivity contribution in [2.24, 2.45) is 0 Å². The molecule has 2 unspecified atom stereocenters. The van der Waals surface area contributed by atoms with E-state index in [1.165, 1.54) is 0 Å². The zero-order valence-electron chi connectivity index (χ0n) is 12.2. The highest BCUT2D eigenvalue weighted by molar-refractivity contribution is 5.81. The third-order valence-corrected chi connectivity index (χ3v) is 4.50. The van der Waals surface area contributed by atoms with Gasteiger partial charge < -0.3 is 9.64 Å². The van der Waals surface area contributed by atoms with Crippen LogP contribution in [0.2, 0.25) is 0 Å². The minimum absolute atomic E-state index is 0.0435. The lowest BCUT2D eigenvalue weighted by Crippen LogP contribution is -2.49. The van der Waals surface area contributed by atoms with Crippen molar-refractivity contribution >= 4 is 11.9 Å². The Bertz CT molecular complexity index is 514. The smallest absolute Gasteiger partial charge is 0.410 e. The maximum Gasteiger partial charge on any atom is 0.410 e. The standard InChI is InChI=1S/C17H21NO3/c19-16-10-9-14-7-4-8-15(11-16)18(14)17(20)21-12-13-5-2-1-3-6-13/h1-3,5-6,14-15H,4,7-12H2. The molecule has 2 aliphatic heterocycles. The summed E-state index contributed by atoms with van der Waals surface area (Å²) in [4.78, 5) is 26.1. The summed E-state index contributed by atoms with van der Waals surface area (Å²) >= 11 is 0. The van der Waals surface area contributed by atoms with E-state index >= 15 is 0 Å². The first-order valence-electron chi connectivity index (χ1n) is 7.75. The summed E-state index contributed by atoms with van der Waals surface area (Å²) in [5.41, 5.74) is 0.988. The molecule has 0 N–H and O–H groups in total. The van der Waals surface area contributed by atoms with Crippen LogP contribution in [0.4, 0.5) is 4.79 Å². The van der Waals surface area contributed by atoms with Gasteiger partial charge in [0.2, 0.25) is 0 Å². The van der Waals surface area contributed by atoms with Gasteiger partial charge in [0.1, 0.15) is 12.4 Å². The Balaban J connectivity index is 1.66. The Hall–Kier alpha value is -1.84. The van der Waals surface area contributed by atoms with E-state index in [2.05, 4.69) is 0 Å². The molecule has 0 radical (unpaired) electrons. The summed E-state index contributed by atoms with van der Waals surface area (Å²) in [6, 6.07) is 9.92. The van der Waals surface area contributed by atoms with Gasteiger partial charge in [-0.05, 0) is 31.2 Å². The molecule has 2 aliphatic rings. The molecular formula is C17H21NO3. The number of carbonyl (C=O) groups is 2. The highest BCUT2D eigenvalue weighted by atomic mass is 16.6.